The molecule has 0 spiro atoms. The smallest absolute Gasteiger partial charge is 0.549 e. The fourth-order valence-corrected chi connectivity index (χ4v) is 0.289. The fourth-order valence-electron chi connectivity index (χ4n) is 0.289. The number of hydrogen-bond acceptors (Lipinski definition) is 6. The van der Waals surface area contributed by atoms with Gasteiger partial charge in [0.05, 0.1) is 11.9 Å². The summed E-state index contributed by atoms with van der Waals surface area (Å²) in [6.45, 7) is -0.139. The number of nitrogens with one attached hydrogen (secondary N) is 2. The van der Waals surface area contributed by atoms with Crippen molar-refractivity contribution in [3.63, 3.8) is 0 Å². The number of aliphatic carboxylic acids is 2. The fraction of sp³-hybridized carbons (Fsp3) is 0.667. The van der Waals surface area contributed by atoms with E-state index in [1.54, 1.807) is 14.1 Å². The minimum absolute atomic E-state index is 0. The molecule has 0 aromatic carbocycles. The number of carbonyl (C=O) groups is 2. The van der Waals surface area contributed by atoms with Gasteiger partial charge >= 0.3 is 23.1 Å². The van der Waals surface area contributed by atoms with Crippen LogP contribution < -0.4 is 20.8 Å². The Balaban J connectivity index is -0.000000143. The second-order valence-electron chi connectivity index (χ2n) is 1.80. The molecule has 0 amide bonds. The molecule has 0 aliphatic carbocycles. The number of carbonyl (C=O) groups excluding carboxylic acids is 2. The van der Waals surface area contributed by atoms with E-state index in [0.29, 0.717) is 0 Å². The van der Waals surface area contributed by atoms with Crippen LogP contribution in [0.25, 0.3) is 0 Å². The number of likely N-dealkylation sites (N-methyl/N-ethyl adjacent to an activating group) is 2. The van der Waals surface area contributed by atoms with E-state index in [9.17, 15) is 19.8 Å². The summed E-state index contributed by atoms with van der Waals surface area (Å²) >= 11 is 0. The van der Waals surface area contributed by atoms with Crippen LogP contribution in [0.2, 0.25) is 0 Å². The maximum Gasteiger partial charge on any atom is 2.00 e. The Labute approximate surface area is 92.9 Å². The van der Waals surface area contributed by atoms with Crippen LogP contribution >= 0.6 is 0 Å². The van der Waals surface area contributed by atoms with Crippen LogP contribution in [0.4, 0.5) is 0 Å². The molecule has 0 atom stereocenters. The molecular weight excluding hydrogens is 188 g/mol. The molecule has 2 N–H and O–H groups in total. The summed E-state index contributed by atoms with van der Waals surface area (Å²) in [6, 6.07) is 0. The van der Waals surface area contributed by atoms with Crippen LogP contribution in [0, 0.1) is 0 Å². The first kappa shape index (κ1) is 18.4. The third kappa shape index (κ3) is 34.0. The quantitative estimate of drug-likeness (QED) is 0.444. The van der Waals surface area contributed by atoms with Crippen LogP contribution in [0.15, 0.2) is 0 Å². The van der Waals surface area contributed by atoms with E-state index in [0.717, 1.165) is 0 Å². The van der Waals surface area contributed by atoms with E-state index in [4.69, 9.17) is 0 Å². The molecule has 0 aliphatic heterocycles. The average Bonchev–Trinajstić information content (AvgIpc) is 1.87. The van der Waals surface area contributed by atoms with Gasteiger partial charge < -0.3 is 30.4 Å². The Morgan fingerprint density at radius 1 is 1.00 bits per heavy atom. The van der Waals surface area contributed by atoms with Crippen molar-refractivity contribution in [1.82, 2.24) is 10.6 Å². The second kappa shape index (κ2) is 14.2. The molecule has 0 heterocycles. The largest absolute Gasteiger partial charge is 2.00 e. The molecule has 6 nitrogen and oxygen atoms in total. The Morgan fingerprint density at radius 3 is 1.23 bits per heavy atom. The normalized spacial score (nSPS) is 7.54. The van der Waals surface area contributed by atoms with Gasteiger partial charge in [-0.15, -0.1) is 0 Å². The molecule has 13 heavy (non-hydrogen) atoms. The Hall–Kier alpha value is -0.374. The summed E-state index contributed by atoms with van der Waals surface area (Å²) in [4.78, 5) is 18.9. The minimum Gasteiger partial charge on any atom is -0.549 e. The third-order valence-electron chi connectivity index (χ3n) is 0.642. The van der Waals surface area contributed by atoms with Gasteiger partial charge in [-0.25, -0.2) is 0 Å². The van der Waals surface area contributed by atoms with Crippen LogP contribution in [-0.4, -0.2) is 62.2 Å². The maximum atomic E-state index is 9.43. The molecule has 7 heteroatoms. The SMILES string of the molecule is CNCC(=O)[O-].CNCC(=O)[O-].[Mg+2]. The molecule has 0 rings (SSSR count). The first-order chi connectivity index (χ1) is 5.54. The van der Waals surface area contributed by atoms with Crippen molar-refractivity contribution in [3.8, 4) is 0 Å². The Morgan fingerprint density at radius 2 is 1.23 bits per heavy atom. The van der Waals surface area contributed by atoms with Crippen LogP contribution in [-0.2, 0) is 9.59 Å². The van der Waals surface area contributed by atoms with Gasteiger partial charge in [-0.05, 0) is 14.1 Å². The van der Waals surface area contributed by atoms with Gasteiger partial charge in [0.15, 0.2) is 0 Å². The van der Waals surface area contributed by atoms with Crippen molar-refractivity contribution < 1.29 is 19.8 Å². The Bertz CT molecular complexity index is 127. The monoisotopic (exact) mass is 200 g/mol. The van der Waals surface area contributed by atoms with Gasteiger partial charge in [-0.3, -0.25) is 0 Å². The van der Waals surface area contributed by atoms with E-state index >= 15 is 0 Å². The summed E-state index contributed by atoms with van der Waals surface area (Å²) in [5.41, 5.74) is 0. The zero-order valence-electron chi connectivity index (χ0n) is 7.75. The van der Waals surface area contributed by atoms with Crippen LogP contribution in [0.3, 0.4) is 0 Å². The van der Waals surface area contributed by atoms with Crippen LogP contribution in [0.5, 0.6) is 0 Å². The topological polar surface area (TPSA) is 104 Å². The number of rotatable bonds is 4. The molecule has 0 fully saturated rings. The van der Waals surface area contributed by atoms with Crippen molar-refractivity contribution in [2.45, 2.75) is 0 Å². The Kier molecular flexibility index (Phi) is 20.1. The van der Waals surface area contributed by atoms with E-state index in [1.165, 1.54) is 0 Å². The molecule has 0 unspecified atom stereocenters. The summed E-state index contributed by atoms with van der Waals surface area (Å²) < 4.78 is 0. The predicted molar refractivity (Wildman–Crippen MR) is 43.6 cm³/mol. The van der Waals surface area contributed by atoms with Crippen molar-refractivity contribution >= 4 is 35.0 Å². The average molecular weight is 200 g/mol. The number of hydrogen-bond donors (Lipinski definition) is 2. The van der Waals surface area contributed by atoms with Crippen molar-refractivity contribution in [2.24, 2.45) is 0 Å². The molecule has 0 aliphatic rings. The van der Waals surface area contributed by atoms with E-state index < -0.39 is 11.9 Å². The van der Waals surface area contributed by atoms with Crippen molar-refractivity contribution in [3.05, 3.63) is 0 Å². The molecule has 0 saturated carbocycles. The van der Waals surface area contributed by atoms with E-state index in [1.807, 2.05) is 0 Å². The first-order valence-corrected chi connectivity index (χ1v) is 3.23. The molecule has 72 valence electrons. The van der Waals surface area contributed by atoms with Crippen LogP contribution in [0.1, 0.15) is 0 Å². The van der Waals surface area contributed by atoms with E-state index in [-0.39, 0.29) is 36.1 Å². The van der Waals surface area contributed by atoms with Crippen molar-refractivity contribution in [2.75, 3.05) is 27.2 Å². The predicted octanol–water partition coefficient (Wildman–Crippen LogP) is -4.47. The molecule has 0 aromatic rings. The van der Waals surface area contributed by atoms with Crippen molar-refractivity contribution in [1.29, 1.82) is 0 Å². The summed E-state index contributed by atoms with van der Waals surface area (Å²) in [7, 11) is 3.10. The standard InChI is InChI=1S/2C3H7NO2.Mg/c2*1-4-2-3(5)6;/h2*4H,2H2,1H3,(H,5,6);/q;;+2/p-2. The molecule has 0 radical (unpaired) electrons. The molecule has 0 aromatic heterocycles. The number of carboxylic acid groups (broad SMARTS) is 2. The van der Waals surface area contributed by atoms with Gasteiger partial charge in [0, 0.05) is 13.1 Å². The summed E-state index contributed by atoms with van der Waals surface area (Å²) in [5, 5.41) is 23.7. The zero-order chi connectivity index (χ0) is 9.98. The molecular formula is C6H12MgN2O4. The van der Waals surface area contributed by atoms with Gasteiger partial charge in [0.2, 0.25) is 0 Å². The molecule has 0 bridgehead atoms. The summed E-state index contributed by atoms with van der Waals surface area (Å²) in [5.74, 6) is -2.14. The third-order valence-corrected chi connectivity index (χ3v) is 0.642. The van der Waals surface area contributed by atoms with Gasteiger partial charge in [0.25, 0.3) is 0 Å². The van der Waals surface area contributed by atoms with Gasteiger partial charge in [-0.2, -0.15) is 0 Å². The van der Waals surface area contributed by atoms with Gasteiger partial charge in [0.1, 0.15) is 0 Å². The second-order valence-corrected chi connectivity index (χ2v) is 1.80. The number of carboxylic acids is 2. The first-order valence-electron chi connectivity index (χ1n) is 3.23. The minimum atomic E-state index is -1.07. The zero-order valence-corrected chi connectivity index (χ0v) is 9.17. The van der Waals surface area contributed by atoms with Gasteiger partial charge in [-0.1, -0.05) is 0 Å². The van der Waals surface area contributed by atoms with E-state index in [2.05, 4.69) is 10.6 Å². The molecule has 0 saturated heterocycles. The summed E-state index contributed by atoms with van der Waals surface area (Å²) in [6.07, 6.45) is 0. The maximum absolute atomic E-state index is 9.43.